The van der Waals surface area contributed by atoms with Crippen molar-refractivity contribution in [2.24, 2.45) is 0 Å². The first kappa shape index (κ1) is 14.2. The molecule has 0 fully saturated rings. The molecule has 98 valence electrons. The van der Waals surface area contributed by atoms with Crippen LogP contribution >= 0.6 is 0 Å². The monoisotopic (exact) mass is 255 g/mol. The largest absolute Gasteiger partial charge is 0.491 e. The van der Waals surface area contributed by atoms with Crippen LogP contribution in [0.1, 0.15) is 25.6 Å². The van der Waals surface area contributed by atoms with Crippen LogP contribution in [-0.4, -0.2) is 17.6 Å². The van der Waals surface area contributed by atoms with E-state index in [9.17, 15) is 13.6 Å². The summed E-state index contributed by atoms with van der Waals surface area (Å²) in [6.45, 7) is 5.32. The number of fused-ring (bicyclic) bond motifs is 1. The summed E-state index contributed by atoms with van der Waals surface area (Å²) < 4.78 is 32.9. The number of halogens is 2. The quantitative estimate of drug-likeness (QED) is 0.779. The minimum absolute atomic E-state index is 0.161. The minimum Gasteiger partial charge on any atom is -0.491 e. The van der Waals surface area contributed by atoms with Gasteiger partial charge in [-0.25, -0.2) is 8.78 Å². The van der Waals surface area contributed by atoms with E-state index in [1.807, 2.05) is 13.8 Å². The Morgan fingerprint density at radius 2 is 1.94 bits per heavy atom. The van der Waals surface area contributed by atoms with Gasteiger partial charge < -0.3 is 4.74 Å². The molecule has 0 N–H and O–H groups in total. The average molecular weight is 255 g/mol. The van der Waals surface area contributed by atoms with Gasteiger partial charge in [-0.15, -0.1) is 0 Å². The van der Waals surface area contributed by atoms with E-state index in [2.05, 4.69) is 4.74 Å². The lowest BCUT2D eigenvalue weighted by molar-refractivity contribution is 0.0941. The first-order valence-electron chi connectivity index (χ1n) is 5.60. The molecular formula is C13H15F2NO2. The molecule has 0 aliphatic carbocycles. The summed E-state index contributed by atoms with van der Waals surface area (Å²) in [4.78, 5) is 11.2. The molecular weight excluding hydrogens is 240 g/mol. The first-order valence-corrected chi connectivity index (χ1v) is 5.60. The van der Waals surface area contributed by atoms with Crippen LogP contribution in [0.4, 0.5) is 8.78 Å². The molecule has 1 aromatic carbocycles. The molecule has 0 radical (unpaired) electrons. The maximum Gasteiger partial charge on any atom is 0.227 e. The third kappa shape index (κ3) is 2.20. The van der Waals surface area contributed by atoms with Crippen LogP contribution in [0.5, 0.6) is 5.75 Å². The molecule has 2 rings (SSSR count). The van der Waals surface area contributed by atoms with Crippen molar-refractivity contribution in [1.29, 1.82) is 0 Å². The van der Waals surface area contributed by atoms with E-state index in [0.717, 1.165) is 6.07 Å². The van der Waals surface area contributed by atoms with E-state index >= 15 is 0 Å². The SMILES string of the molecule is CC.COc1c(F)cc2c(ccn2C(C)=O)c1F. The molecule has 0 aliphatic heterocycles. The highest BCUT2D eigenvalue weighted by molar-refractivity contribution is 5.92. The summed E-state index contributed by atoms with van der Waals surface area (Å²) in [5.41, 5.74) is 0.198. The van der Waals surface area contributed by atoms with Gasteiger partial charge in [0.15, 0.2) is 17.4 Å². The lowest BCUT2D eigenvalue weighted by atomic mass is 10.2. The van der Waals surface area contributed by atoms with Crippen molar-refractivity contribution in [3.63, 3.8) is 0 Å². The van der Waals surface area contributed by atoms with E-state index in [1.165, 1.54) is 30.9 Å². The summed E-state index contributed by atoms with van der Waals surface area (Å²) in [6, 6.07) is 2.49. The zero-order valence-corrected chi connectivity index (χ0v) is 10.8. The second-order valence-electron chi connectivity index (χ2n) is 3.34. The van der Waals surface area contributed by atoms with Crippen LogP contribution in [0.15, 0.2) is 18.3 Å². The number of hydrogen-bond acceptors (Lipinski definition) is 2. The summed E-state index contributed by atoms with van der Waals surface area (Å²) >= 11 is 0. The normalized spacial score (nSPS) is 9.89. The van der Waals surface area contributed by atoms with Crippen molar-refractivity contribution in [3.8, 4) is 5.75 Å². The predicted octanol–water partition coefficient (Wildman–Crippen LogP) is 3.61. The maximum atomic E-state index is 13.7. The van der Waals surface area contributed by atoms with Gasteiger partial charge in [0.2, 0.25) is 5.91 Å². The van der Waals surface area contributed by atoms with Crippen LogP contribution in [0, 0.1) is 11.6 Å². The third-order valence-corrected chi connectivity index (χ3v) is 2.39. The molecule has 3 nitrogen and oxygen atoms in total. The van der Waals surface area contributed by atoms with E-state index in [-0.39, 0.29) is 16.8 Å². The molecule has 0 amide bonds. The fourth-order valence-electron chi connectivity index (χ4n) is 1.65. The van der Waals surface area contributed by atoms with Crippen molar-refractivity contribution in [1.82, 2.24) is 4.57 Å². The molecule has 1 aromatic heterocycles. The van der Waals surface area contributed by atoms with Gasteiger partial charge in [-0.05, 0) is 6.07 Å². The first-order chi connectivity index (χ1) is 8.56. The van der Waals surface area contributed by atoms with Crippen molar-refractivity contribution >= 4 is 16.8 Å². The minimum atomic E-state index is -0.825. The van der Waals surface area contributed by atoms with Crippen LogP contribution in [0.25, 0.3) is 10.9 Å². The van der Waals surface area contributed by atoms with Crippen LogP contribution in [0.3, 0.4) is 0 Å². The molecule has 0 bridgehead atoms. The molecule has 0 spiro atoms. The van der Waals surface area contributed by atoms with E-state index < -0.39 is 17.4 Å². The van der Waals surface area contributed by atoms with Crippen LogP contribution < -0.4 is 4.74 Å². The highest BCUT2D eigenvalue weighted by Gasteiger charge is 2.17. The average Bonchev–Trinajstić information content (AvgIpc) is 2.76. The number of hydrogen-bond donors (Lipinski definition) is 0. The lowest BCUT2D eigenvalue weighted by Gasteiger charge is -2.05. The summed E-state index contributed by atoms with van der Waals surface area (Å²) in [6.07, 6.45) is 1.40. The van der Waals surface area contributed by atoms with Crippen LogP contribution in [-0.2, 0) is 0 Å². The number of ether oxygens (including phenoxy) is 1. The maximum absolute atomic E-state index is 13.7. The van der Waals surface area contributed by atoms with Gasteiger partial charge in [0.05, 0.1) is 12.6 Å². The summed E-state index contributed by atoms with van der Waals surface area (Å²) in [7, 11) is 1.19. The molecule has 18 heavy (non-hydrogen) atoms. The van der Waals surface area contributed by atoms with Crippen molar-refractivity contribution in [2.75, 3.05) is 7.11 Å². The topological polar surface area (TPSA) is 31.2 Å². The van der Waals surface area contributed by atoms with Gasteiger partial charge in [-0.2, -0.15) is 0 Å². The predicted molar refractivity (Wildman–Crippen MR) is 66.1 cm³/mol. The molecule has 0 aliphatic rings. The molecule has 2 aromatic rings. The van der Waals surface area contributed by atoms with Gasteiger partial charge in [0.1, 0.15) is 0 Å². The van der Waals surface area contributed by atoms with Gasteiger partial charge in [-0.3, -0.25) is 9.36 Å². The number of nitrogens with zero attached hydrogens (tertiary/aromatic N) is 1. The van der Waals surface area contributed by atoms with E-state index in [1.54, 1.807) is 0 Å². The number of carbonyl (C=O) groups is 1. The second-order valence-corrected chi connectivity index (χ2v) is 3.34. The van der Waals surface area contributed by atoms with E-state index in [0.29, 0.717) is 0 Å². The fourth-order valence-corrected chi connectivity index (χ4v) is 1.65. The fraction of sp³-hybridized carbons (Fsp3) is 0.308. The van der Waals surface area contributed by atoms with Crippen molar-refractivity contribution < 1.29 is 18.3 Å². The molecule has 5 heteroatoms. The zero-order valence-electron chi connectivity index (χ0n) is 10.8. The molecule has 1 heterocycles. The van der Waals surface area contributed by atoms with E-state index in [4.69, 9.17) is 0 Å². The van der Waals surface area contributed by atoms with Gasteiger partial charge in [0.25, 0.3) is 0 Å². The molecule has 0 saturated heterocycles. The Hall–Kier alpha value is -1.91. The standard InChI is InChI=1S/C11H9F2NO2.C2H6/c1-6(15)14-4-3-7-9(14)5-8(12)11(16-2)10(7)13;1-2/h3-5H,1-2H3;1-2H3. The van der Waals surface area contributed by atoms with Crippen molar-refractivity contribution in [2.45, 2.75) is 20.8 Å². The molecule has 0 atom stereocenters. The Morgan fingerprint density at radius 1 is 1.33 bits per heavy atom. The lowest BCUT2D eigenvalue weighted by Crippen LogP contribution is -2.04. The van der Waals surface area contributed by atoms with Gasteiger partial charge in [0, 0.05) is 24.6 Å². The highest BCUT2D eigenvalue weighted by Crippen LogP contribution is 2.30. The summed E-state index contributed by atoms with van der Waals surface area (Å²) in [5.74, 6) is -2.36. The number of methoxy groups -OCH3 is 1. The van der Waals surface area contributed by atoms with Crippen LogP contribution in [0.2, 0.25) is 0 Å². The second kappa shape index (κ2) is 5.62. The highest BCUT2D eigenvalue weighted by atomic mass is 19.1. The van der Waals surface area contributed by atoms with Crippen molar-refractivity contribution in [3.05, 3.63) is 30.0 Å². The number of benzene rings is 1. The number of rotatable bonds is 1. The van der Waals surface area contributed by atoms with Gasteiger partial charge in [-0.1, -0.05) is 13.8 Å². The molecule has 0 unspecified atom stereocenters. The Kier molecular flexibility index (Phi) is 4.42. The number of carbonyl (C=O) groups excluding carboxylic acids is 1. The van der Waals surface area contributed by atoms with Gasteiger partial charge >= 0.3 is 0 Å². The Balaban J connectivity index is 0.000000771. The Labute approximate surface area is 104 Å². The third-order valence-electron chi connectivity index (χ3n) is 2.39. The number of aromatic nitrogens is 1. The Bertz CT molecular complexity index is 576. The smallest absolute Gasteiger partial charge is 0.227 e. The molecule has 0 saturated carbocycles. The Morgan fingerprint density at radius 3 is 2.44 bits per heavy atom. The zero-order chi connectivity index (χ0) is 13.9. The summed E-state index contributed by atoms with van der Waals surface area (Å²) in [5, 5.41) is 0.161.